The van der Waals surface area contributed by atoms with E-state index in [0.29, 0.717) is 0 Å². The summed E-state index contributed by atoms with van der Waals surface area (Å²) < 4.78 is 4.97. The third kappa shape index (κ3) is 3.89. The lowest BCUT2D eigenvalue weighted by Crippen LogP contribution is -2.52. The van der Waals surface area contributed by atoms with Crippen molar-refractivity contribution in [1.82, 2.24) is 0 Å². The molecule has 1 saturated carbocycles. The fourth-order valence-electron chi connectivity index (χ4n) is 2.61. The van der Waals surface area contributed by atoms with Gasteiger partial charge in [-0.15, -0.1) is 0 Å². The van der Waals surface area contributed by atoms with Crippen LogP contribution in [-0.4, -0.2) is 34.2 Å². The second kappa shape index (κ2) is 6.84. The normalized spacial score (nSPS) is 20.0. The van der Waals surface area contributed by atoms with Crippen LogP contribution in [0.1, 0.15) is 52.4 Å². The minimum Gasteiger partial charge on any atom is -0.458 e. The maximum atomic E-state index is 12.0. The Hall–Kier alpha value is -1.17. The number of carbonyl (C=O) groups is 1. The Bertz CT molecular complexity index is 325. The molecule has 0 aromatic rings. The summed E-state index contributed by atoms with van der Waals surface area (Å²) in [4.78, 5) is 22.6. The molecule has 110 valence electrons. The first kappa shape index (κ1) is 15.9. The van der Waals surface area contributed by atoms with Crippen molar-refractivity contribution in [3.63, 3.8) is 0 Å². The van der Waals surface area contributed by atoms with Gasteiger partial charge in [-0.25, -0.2) is 4.79 Å². The second-order valence-electron chi connectivity index (χ2n) is 5.61. The Morgan fingerprint density at radius 3 is 2.42 bits per heavy atom. The number of hydrogen-bond donors (Lipinski definition) is 1. The van der Waals surface area contributed by atoms with Crippen LogP contribution >= 0.6 is 0 Å². The predicted molar refractivity (Wildman–Crippen MR) is 69.2 cm³/mol. The molecule has 6 nitrogen and oxygen atoms in total. The van der Waals surface area contributed by atoms with E-state index >= 15 is 0 Å². The molecule has 0 amide bonds. The highest BCUT2D eigenvalue weighted by Crippen LogP contribution is 2.32. The van der Waals surface area contributed by atoms with Crippen molar-refractivity contribution in [2.75, 3.05) is 6.61 Å². The fourth-order valence-corrected chi connectivity index (χ4v) is 2.61. The van der Waals surface area contributed by atoms with Crippen molar-refractivity contribution < 1.29 is 19.6 Å². The lowest BCUT2D eigenvalue weighted by molar-refractivity contribution is -0.561. The van der Waals surface area contributed by atoms with Gasteiger partial charge in [0.2, 0.25) is 0 Å². The summed E-state index contributed by atoms with van der Waals surface area (Å²) in [6.45, 7) is 2.48. The summed E-state index contributed by atoms with van der Waals surface area (Å²) in [5.41, 5.74) is -1.99. The topological polar surface area (TPSA) is 89.7 Å². The van der Waals surface area contributed by atoms with E-state index in [9.17, 15) is 20.0 Å². The fraction of sp³-hybridized carbons (Fsp3) is 0.923. The predicted octanol–water partition coefficient (Wildman–Crippen LogP) is 1.92. The van der Waals surface area contributed by atoms with E-state index in [2.05, 4.69) is 0 Å². The summed E-state index contributed by atoms with van der Waals surface area (Å²) >= 11 is 0. The number of esters is 1. The Labute approximate surface area is 113 Å². The molecule has 1 aliphatic carbocycles. The monoisotopic (exact) mass is 273 g/mol. The summed E-state index contributed by atoms with van der Waals surface area (Å²) in [7, 11) is 0. The van der Waals surface area contributed by atoms with Gasteiger partial charge in [0, 0.05) is 11.3 Å². The first-order chi connectivity index (χ1) is 8.92. The summed E-state index contributed by atoms with van der Waals surface area (Å²) in [5.74, 6) is -0.799. The third-order valence-electron chi connectivity index (χ3n) is 3.68. The Morgan fingerprint density at radius 2 is 2.00 bits per heavy atom. The highest BCUT2D eigenvalue weighted by Gasteiger charge is 2.53. The van der Waals surface area contributed by atoms with Crippen LogP contribution in [0.25, 0.3) is 0 Å². The maximum Gasteiger partial charge on any atom is 0.387 e. The van der Waals surface area contributed by atoms with Crippen LogP contribution in [-0.2, 0) is 9.53 Å². The highest BCUT2D eigenvalue weighted by atomic mass is 16.6. The molecule has 0 aliphatic heterocycles. The molecule has 0 aromatic carbocycles. The van der Waals surface area contributed by atoms with Gasteiger partial charge in [0.1, 0.15) is 6.61 Å². The molecular formula is C13H23NO5. The first-order valence-electron chi connectivity index (χ1n) is 6.89. The van der Waals surface area contributed by atoms with Crippen molar-refractivity contribution in [2.45, 2.75) is 64.0 Å². The first-order valence-corrected chi connectivity index (χ1v) is 6.89. The quantitative estimate of drug-likeness (QED) is 0.453. The van der Waals surface area contributed by atoms with Gasteiger partial charge >= 0.3 is 11.5 Å². The number of aliphatic hydroxyl groups is 1. The molecule has 1 unspecified atom stereocenters. The number of ether oxygens (including phenoxy) is 1. The molecule has 0 bridgehead atoms. The largest absolute Gasteiger partial charge is 0.458 e. The lowest BCUT2D eigenvalue weighted by Gasteiger charge is -2.28. The second-order valence-corrected chi connectivity index (χ2v) is 5.61. The number of hydrogen-bond acceptors (Lipinski definition) is 5. The Balaban J connectivity index is 2.84. The van der Waals surface area contributed by atoms with Gasteiger partial charge in [-0.05, 0) is 19.8 Å². The molecule has 1 aliphatic rings. The number of nitrogens with zero attached hydrogens (tertiary/aromatic N) is 1. The summed E-state index contributed by atoms with van der Waals surface area (Å²) in [6, 6.07) is 0. The Kier molecular flexibility index (Phi) is 5.72. The molecule has 19 heavy (non-hydrogen) atoms. The molecule has 1 fully saturated rings. The van der Waals surface area contributed by atoms with Gasteiger partial charge in [0.15, 0.2) is 0 Å². The van der Waals surface area contributed by atoms with E-state index in [0.717, 1.165) is 32.1 Å². The molecule has 0 aromatic heterocycles. The summed E-state index contributed by atoms with van der Waals surface area (Å²) in [5, 5.41) is 20.7. The van der Waals surface area contributed by atoms with Crippen molar-refractivity contribution in [1.29, 1.82) is 0 Å². The average molecular weight is 273 g/mol. The molecule has 0 spiro atoms. The highest BCUT2D eigenvalue weighted by molar-refractivity contribution is 5.79. The van der Waals surface area contributed by atoms with Gasteiger partial charge in [-0.3, -0.25) is 10.1 Å². The number of nitro groups is 1. The van der Waals surface area contributed by atoms with Gasteiger partial charge in [0.05, 0.1) is 6.10 Å². The minimum absolute atomic E-state index is 0.0715. The van der Waals surface area contributed by atoms with Gasteiger partial charge in [-0.1, -0.05) is 32.1 Å². The van der Waals surface area contributed by atoms with Crippen molar-refractivity contribution >= 4 is 5.97 Å². The third-order valence-corrected chi connectivity index (χ3v) is 3.68. The van der Waals surface area contributed by atoms with Gasteiger partial charge in [-0.2, -0.15) is 0 Å². The van der Waals surface area contributed by atoms with Gasteiger partial charge < -0.3 is 9.84 Å². The minimum atomic E-state index is -1.99. The number of aliphatic hydroxyl groups excluding tert-OH is 1. The van der Waals surface area contributed by atoms with Crippen molar-refractivity contribution in [2.24, 2.45) is 5.92 Å². The van der Waals surface area contributed by atoms with E-state index in [-0.39, 0.29) is 12.3 Å². The zero-order valence-electron chi connectivity index (χ0n) is 11.6. The van der Waals surface area contributed by atoms with Crippen LogP contribution in [0, 0.1) is 16.0 Å². The van der Waals surface area contributed by atoms with Crippen LogP contribution in [0.5, 0.6) is 0 Å². The van der Waals surface area contributed by atoms with Gasteiger partial charge in [0.25, 0.3) is 0 Å². The summed E-state index contributed by atoms with van der Waals surface area (Å²) in [6.07, 6.45) is 4.60. The molecule has 0 saturated heterocycles. The standard InChI is InChI=1S/C13H23NO5/c1-10(2)19-12(16)13(9-15,14(17)18)8-11-6-4-3-5-7-11/h10-11,15H,3-9H2,1-2H3. The number of rotatable bonds is 6. The SMILES string of the molecule is CC(C)OC(=O)C(CO)(CC1CCCCC1)[N+](=O)[O-]. The van der Waals surface area contributed by atoms with E-state index in [1.165, 1.54) is 0 Å². The molecule has 1 rings (SSSR count). The van der Waals surface area contributed by atoms with E-state index in [4.69, 9.17) is 4.74 Å². The molecule has 0 heterocycles. The van der Waals surface area contributed by atoms with Crippen LogP contribution in [0.4, 0.5) is 0 Å². The van der Waals surface area contributed by atoms with E-state index in [1.807, 2.05) is 0 Å². The smallest absolute Gasteiger partial charge is 0.387 e. The Morgan fingerprint density at radius 1 is 1.42 bits per heavy atom. The lowest BCUT2D eigenvalue weighted by atomic mass is 9.79. The molecule has 6 heteroatoms. The van der Waals surface area contributed by atoms with Crippen LogP contribution in [0.15, 0.2) is 0 Å². The van der Waals surface area contributed by atoms with Crippen LogP contribution in [0.3, 0.4) is 0 Å². The van der Waals surface area contributed by atoms with Crippen LogP contribution < -0.4 is 0 Å². The molecule has 1 atom stereocenters. The molecular weight excluding hydrogens is 250 g/mol. The average Bonchev–Trinajstić information content (AvgIpc) is 2.35. The number of carbonyl (C=O) groups excluding carboxylic acids is 1. The van der Waals surface area contributed by atoms with E-state index < -0.39 is 29.1 Å². The van der Waals surface area contributed by atoms with Crippen LogP contribution in [0.2, 0.25) is 0 Å². The van der Waals surface area contributed by atoms with Crippen molar-refractivity contribution in [3.8, 4) is 0 Å². The molecule has 1 N–H and O–H groups in total. The van der Waals surface area contributed by atoms with Crippen molar-refractivity contribution in [3.05, 3.63) is 10.1 Å². The molecule has 0 radical (unpaired) electrons. The maximum absolute atomic E-state index is 12.0. The van der Waals surface area contributed by atoms with E-state index in [1.54, 1.807) is 13.8 Å². The zero-order chi connectivity index (χ0) is 14.5. The zero-order valence-corrected chi connectivity index (χ0v) is 11.6.